The molecule has 6 heteroatoms. The zero-order chi connectivity index (χ0) is 17.6. The Balaban J connectivity index is 1.51. The van der Waals surface area contributed by atoms with Crippen LogP contribution in [0.4, 0.5) is 0 Å². The van der Waals surface area contributed by atoms with Crippen LogP contribution in [-0.2, 0) is 22.7 Å². The number of nitrogens with one attached hydrogen (secondary N) is 1. The van der Waals surface area contributed by atoms with Crippen LogP contribution in [0.15, 0.2) is 53.6 Å². The first-order chi connectivity index (χ1) is 12.2. The Hall–Kier alpha value is -2.34. The van der Waals surface area contributed by atoms with Crippen molar-refractivity contribution in [1.82, 2.24) is 15.2 Å². The summed E-state index contributed by atoms with van der Waals surface area (Å²) in [6.07, 6.45) is 4.01. The number of pyridine rings is 1. The second-order valence-electron chi connectivity index (χ2n) is 6.06. The molecule has 25 heavy (non-hydrogen) atoms. The molecular weight excluding hydrogens is 334 g/mol. The van der Waals surface area contributed by atoms with Crippen LogP contribution in [0.2, 0.25) is 0 Å². The molecule has 1 atom stereocenters. The molecule has 1 aliphatic heterocycles. The van der Waals surface area contributed by atoms with Gasteiger partial charge in [-0.1, -0.05) is 18.2 Å². The first-order valence-electron chi connectivity index (χ1n) is 8.24. The molecule has 130 valence electrons. The van der Waals surface area contributed by atoms with E-state index >= 15 is 0 Å². The summed E-state index contributed by atoms with van der Waals surface area (Å²) in [4.78, 5) is 31.7. The van der Waals surface area contributed by atoms with E-state index in [0.717, 1.165) is 11.3 Å². The number of hydrogen-bond donors (Lipinski definition) is 1. The summed E-state index contributed by atoms with van der Waals surface area (Å²) in [7, 11) is 0. The molecule has 2 heterocycles. The summed E-state index contributed by atoms with van der Waals surface area (Å²) in [6.45, 7) is 1.39. The second kappa shape index (κ2) is 8.16. The van der Waals surface area contributed by atoms with Crippen molar-refractivity contribution in [2.45, 2.75) is 24.4 Å². The highest BCUT2D eigenvalue weighted by atomic mass is 32.2. The molecule has 5 nitrogen and oxygen atoms in total. The molecule has 0 spiro atoms. The Morgan fingerprint density at radius 2 is 2.08 bits per heavy atom. The molecule has 1 N–H and O–H groups in total. The lowest BCUT2D eigenvalue weighted by Crippen LogP contribution is -2.32. The van der Waals surface area contributed by atoms with Gasteiger partial charge in [0.25, 0.3) is 0 Å². The van der Waals surface area contributed by atoms with Crippen molar-refractivity contribution in [3.05, 3.63) is 59.9 Å². The lowest BCUT2D eigenvalue weighted by Gasteiger charge is -2.16. The van der Waals surface area contributed by atoms with Crippen LogP contribution in [0, 0.1) is 5.92 Å². The van der Waals surface area contributed by atoms with E-state index in [1.54, 1.807) is 22.9 Å². The van der Waals surface area contributed by atoms with Gasteiger partial charge < -0.3 is 10.2 Å². The molecule has 0 saturated carbocycles. The van der Waals surface area contributed by atoms with Crippen molar-refractivity contribution >= 4 is 23.6 Å². The van der Waals surface area contributed by atoms with Gasteiger partial charge >= 0.3 is 0 Å². The Morgan fingerprint density at radius 3 is 2.76 bits per heavy atom. The topological polar surface area (TPSA) is 62.3 Å². The zero-order valence-electron chi connectivity index (χ0n) is 14.1. The summed E-state index contributed by atoms with van der Waals surface area (Å²) in [5.74, 6) is -0.345. The highest BCUT2D eigenvalue weighted by molar-refractivity contribution is 7.98. The second-order valence-corrected chi connectivity index (χ2v) is 6.94. The summed E-state index contributed by atoms with van der Waals surface area (Å²) in [5.41, 5.74) is 1.90. The smallest absolute Gasteiger partial charge is 0.225 e. The van der Waals surface area contributed by atoms with Gasteiger partial charge in [-0.05, 0) is 36.1 Å². The fraction of sp³-hybridized carbons (Fsp3) is 0.316. The Morgan fingerprint density at radius 1 is 1.28 bits per heavy atom. The van der Waals surface area contributed by atoms with E-state index in [-0.39, 0.29) is 24.2 Å². The summed E-state index contributed by atoms with van der Waals surface area (Å²) >= 11 is 1.69. The molecule has 1 aromatic heterocycles. The van der Waals surface area contributed by atoms with Gasteiger partial charge in [-0.2, -0.15) is 0 Å². The van der Waals surface area contributed by atoms with Gasteiger partial charge in [-0.25, -0.2) is 0 Å². The van der Waals surface area contributed by atoms with Gasteiger partial charge in [0.1, 0.15) is 0 Å². The molecule has 0 unspecified atom stereocenters. The number of aromatic nitrogens is 1. The largest absolute Gasteiger partial charge is 0.352 e. The maximum atomic E-state index is 12.4. The van der Waals surface area contributed by atoms with Crippen molar-refractivity contribution < 1.29 is 9.59 Å². The molecule has 0 bridgehead atoms. The molecule has 2 amide bonds. The first kappa shape index (κ1) is 17.5. The van der Waals surface area contributed by atoms with E-state index in [1.807, 2.05) is 48.7 Å². The van der Waals surface area contributed by atoms with Crippen LogP contribution in [-0.4, -0.2) is 34.5 Å². The van der Waals surface area contributed by atoms with E-state index in [1.165, 1.54) is 4.90 Å². The standard InChI is InChI=1S/C19H21N3O2S/c1-25-17-7-5-14(6-8-17)11-21-19(24)15-10-18(23)22(12-15)13-16-4-2-3-9-20-16/h2-9,15H,10-13H2,1H3,(H,21,24)/t15-/m0/s1. The summed E-state index contributed by atoms with van der Waals surface area (Å²) in [5, 5.41) is 2.94. The number of benzene rings is 1. The maximum absolute atomic E-state index is 12.4. The molecular formula is C19H21N3O2S. The lowest BCUT2D eigenvalue weighted by molar-refractivity contribution is -0.129. The van der Waals surface area contributed by atoms with E-state index in [4.69, 9.17) is 0 Å². The van der Waals surface area contributed by atoms with Gasteiger partial charge in [-0.15, -0.1) is 11.8 Å². The van der Waals surface area contributed by atoms with Crippen LogP contribution < -0.4 is 5.32 Å². The van der Waals surface area contributed by atoms with Crippen LogP contribution in [0.3, 0.4) is 0 Å². The molecule has 3 rings (SSSR count). The minimum absolute atomic E-state index is 0.00938. The average Bonchev–Trinajstić information content (AvgIpc) is 3.01. The minimum atomic E-state index is -0.290. The van der Waals surface area contributed by atoms with Crippen molar-refractivity contribution in [2.24, 2.45) is 5.92 Å². The summed E-state index contributed by atoms with van der Waals surface area (Å²) in [6, 6.07) is 13.7. The monoisotopic (exact) mass is 355 g/mol. The Bertz CT molecular complexity index is 734. The molecule has 1 aliphatic rings. The van der Waals surface area contributed by atoms with Gasteiger partial charge in [-0.3, -0.25) is 14.6 Å². The number of amides is 2. The fourth-order valence-electron chi connectivity index (χ4n) is 2.86. The Labute approximate surface area is 151 Å². The zero-order valence-corrected chi connectivity index (χ0v) is 15.0. The van der Waals surface area contributed by atoms with Crippen molar-refractivity contribution in [1.29, 1.82) is 0 Å². The molecule has 0 radical (unpaired) electrons. The third-order valence-electron chi connectivity index (χ3n) is 4.29. The number of carbonyl (C=O) groups is 2. The molecule has 2 aromatic rings. The summed E-state index contributed by atoms with van der Waals surface area (Å²) < 4.78 is 0. The van der Waals surface area contributed by atoms with Gasteiger partial charge in [0.05, 0.1) is 18.2 Å². The highest BCUT2D eigenvalue weighted by Crippen LogP contribution is 2.20. The number of rotatable bonds is 6. The van der Waals surface area contributed by atoms with E-state index < -0.39 is 0 Å². The first-order valence-corrected chi connectivity index (χ1v) is 9.46. The SMILES string of the molecule is CSc1ccc(CNC(=O)[C@H]2CC(=O)N(Cc3ccccn3)C2)cc1. The van der Waals surface area contributed by atoms with Crippen LogP contribution in [0.25, 0.3) is 0 Å². The Kier molecular flexibility index (Phi) is 5.71. The molecule has 1 aromatic carbocycles. The highest BCUT2D eigenvalue weighted by Gasteiger charge is 2.34. The normalized spacial score (nSPS) is 16.9. The number of hydrogen-bond acceptors (Lipinski definition) is 4. The van der Waals surface area contributed by atoms with Gasteiger partial charge in [0.15, 0.2) is 0 Å². The van der Waals surface area contributed by atoms with Crippen molar-refractivity contribution in [2.75, 3.05) is 12.8 Å². The van der Waals surface area contributed by atoms with Crippen molar-refractivity contribution in [3.8, 4) is 0 Å². The average molecular weight is 355 g/mol. The fourth-order valence-corrected chi connectivity index (χ4v) is 3.27. The van der Waals surface area contributed by atoms with E-state index in [9.17, 15) is 9.59 Å². The van der Waals surface area contributed by atoms with E-state index in [0.29, 0.717) is 19.6 Å². The number of likely N-dealkylation sites (tertiary alicyclic amines) is 1. The van der Waals surface area contributed by atoms with Crippen LogP contribution >= 0.6 is 11.8 Å². The van der Waals surface area contributed by atoms with E-state index in [2.05, 4.69) is 10.3 Å². The number of nitrogens with zero attached hydrogens (tertiary/aromatic N) is 2. The number of thioether (sulfide) groups is 1. The van der Waals surface area contributed by atoms with Crippen molar-refractivity contribution in [3.63, 3.8) is 0 Å². The third kappa shape index (κ3) is 4.60. The molecule has 1 fully saturated rings. The number of carbonyl (C=O) groups excluding carboxylic acids is 2. The lowest BCUT2D eigenvalue weighted by atomic mass is 10.1. The van der Waals surface area contributed by atoms with Crippen LogP contribution in [0.1, 0.15) is 17.7 Å². The predicted molar refractivity (Wildman–Crippen MR) is 97.8 cm³/mol. The third-order valence-corrected chi connectivity index (χ3v) is 5.03. The minimum Gasteiger partial charge on any atom is -0.352 e. The molecule has 1 saturated heterocycles. The van der Waals surface area contributed by atoms with Gasteiger partial charge in [0, 0.05) is 30.6 Å². The van der Waals surface area contributed by atoms with Gasteiger partial charge in [0.2, 0.25) is 11.8 Å². The molecule has 0 aliphatic carbocycles. The quantitative estimate of drug-likeness (QED) is 0.809. The maximum Gasteiger partial charge on any atom is 0.225 e. The predicted octanol–water partition coefficient (Wildman–Crippen LogP) is 2.47. The van der Waals surface area contributed by atoms with Crippen LogP contribution in [0.5, 0.6) is 0 Å².